The smallest absolute Gasteiger partial charge is 0.156 e. The second-order valence-corrected chi connectivity index (χ2v) is 7.02. The second-order valence-electron chi connectivity index (χ2n) is 7.02. The van der Waals surface area contributed by atoms with E-state index in [4.69, 9.17) is 19.2 Å². The van der Waals surface area contributed by atoms with E-state index in [1.54, 1.807) is 19.2 Å². The molecule has 138 valence electrons. The first-order chi connectivity index (χ1) is 12.7. The molecule has 1 fully saturated rings. The van der Waals surface area contributed by atoms with Crippen molar-refractivity contribution in [3.8, 4) is 17.6 Å². The molecular formula is C22H27NO3. The Balaban J connectivity index is 1.81. The zero-order chi connectivity index (χ0) is 18.5. The van der Waals surface area contributed by atoms with Gasteiger partial charge in [0, 0.05) is 12.0 Å². The van der Waals surface area contributed by atoms with Gasteiger partial charge in [-0.1, -0.05) is 26.2 Å². The van der Waals surface area contributed by atoms with Gasteiger partial charge in [0.1, 0.15) is 29.1 Å². The summed E-state index contributed by atoms with van der Waals surface area (Å²) in [7, 11) is 1.56. The van der Waals surface area contributed by atoms with Crippen molar-refractivity contribution in [3.63, 3.8) is 0 Å². The number of rotatable bonds is 6. The van der Waals surface area contributed by atoms with E-state index in [0.717, 1.165) is 23.5 Å². The molecular weight excluding hydrogens is 326 g/mol. The number of furan rings is 1. The van der Waals surface area contributed by atoms with Gasteiger partial charge < -0.3 is 13.9 Å². The Bertz CT molecular complexity index is 781. The molecule has 26 heavy (non-hydrogen) atoms. The molecule has 1 aliphatic carbocycles. The first-order valence-corrected chi connectivity index (χ1v) is 9.51. The summed E-state index contributed by atoms with van der Waals surface area (Å²) in [6.07, 6.45) is 7.01. The lowest BCUT2D eigenvalue weighted by Crippen LogP contribution is -2.07. The van der Waals surface area contributed by atoms with E-state index >= 15 is 0 Å². The van der Waals surface area contributed by atoms with Crippen molar-refractivity contribution in [2.75, 3.05) is 7.11 Å². The van der Waals surface area contributed by atoms with Gasteiger partial charge in [-0.3, -0.25) is 0 Å². The Morgan fingerprint density at radius 3 is 2.65 bits per heavy atom. The molecule has 0 aliphatic heterocycles. The maximum atomic E-state index is 9.12. The Morgan fingerprint density at radius 2 is 2.00 bits per heavy atom. The van der Waals surface area contributed by atoms with E-state index in [9.17, 15) is 0 Å². The Kier molecular flexibility index (Phi) is 5.88. The fraction of sp³-hybridized carbons (Fsp3) is 0.500. The minimum Gasteiger partial charge on any atom is -0.495 e. The van der Waals surface area contributed by atoms with Crippen LogP contribution in [0, 0.1) is 18.3 Å². The van der Waals surface area contributed by atoms with Crippen LogP contribution < -0.4 is 9.47 Å². The van der Waals surface area contributed by atoms with Crippen molar-refractivity contribution in [3.05, 3.63) is 46.9 Å². The van der Waals surface area contributed by atoms with E-state index in [0.29, 0.717) is 23.0 Å². The lowest BCUT2D eigenvalue weighted by molar-refractivity contribution is 0.166. The highest BCUT2D eigenvalue weighted by molar-refractivity contribution is 5.47. The molecule has 1 atom stereocenters. The SMILES string of the molecule is CCC(Oc1ccc(C#N)c(OC)c1)c1oc(C2CCCCC2)cc1C. The zero-order valence-corrected chi connectivity index (χ0v) is 15.9. The molecule has 0 spiro atoms. The van der Waals surface area contributed by atoms with Gasteiger partial charge in [0.15, 0.2) is 6.10 Å². The fourth-order valence-corrected chi connectivity index (χ4v) is 3.75. The second kappa shape index (κ2) is 8.31. The van der Waals surface area contributed by atoms with Crippen molar-refractivity contribution in [2.24, 2.45) is 0 Å². The van der Waals surface area contributed by atoms with Gasteiger partial charge in [0.05, 0.1) is 12.7 Å². The number of hydrogen-bond acceptors (Lipinski definition) is 4. The van der Waals surface area contributed by atoms with Gasteiger partial charge in [-0.25, -0.2) is 0 Å². The first-order valence-electron chi connectivity index (χ1n) is 9.51. The quantitative estimate of drug-likeness (QED) is 0.634. The van der Waals surface area contributed by atoms with Crippen molar-refractivity contribution < 1.29 is 13.9 Å². The molecule has 4 heteroatoms. The predicted molar refractivity (Wildman–Crippen MR) is 101 cm³/mol. The number of hydrogen-bond donors (Lipinski definition) is 0. The van der Waals surface area contributed by atoms with Gasteiger partial charge in [-0.05, 0) is 49.9 Å². The van der Waals surface area contributed by atoms with E-state index in [1.807, 2.05) is 6.07 Å². The van der Waals surface area contributed by atoms with E-state index in [-0.39, 0.29) is 6.10 Å². The molecule has 0 N–H and O–H groups in total. The van der Waals surface area contributed by atoms with Crippen LogP contribution in [0.3, 0.4) is 0 Å². The number of benzene rings is 1. The average Bonchev–Trinajstić information content (AvgIpc) is 3.08. The molecule has 1 heterocycles. The van der Waals surface area contributed by atoms with Crippen LogP contribution in [0.4, 0.5) is 0 Å². The van der Waals surface area contributed by atoms with Crippen LogP contribution in [-0.4, -0.2) is 7.11 Å². The molecule has 2 aromatic rings. The zero-order valence-electron chi connectivity index (χ0n) is 15.9. The van der Waals surface area contributed by atoms with Crippen LogP contribution in [0.15, 0.2) is 28.7 Å². The Hall–Kier alpha value is -2.41. The van der Waals surface area contributed by atoms with Crippen molar-refractivity contribution >= 4 is 0 Å². The maximum absolute atomic E-state index is 9.12. The molecule has 0 bridgehead atoms. The highest BCUT2D eigenvalue weighted by atomic mass is 16.5. The Morgan fingerprint density at radius 1 is 1.23 bits per heavy atom. The van der Waals surface area contributed by atoms with Gasteiger partial charge in [-0.15, -0.1) is 0 Å². The summed E-state index contributed by atoms with van der Waals surface area (Å²) in [4.78, 5) is 0. The van der Waals surface area contributed by atoms with Crippen molar-refractivity contribution in [1.82, 2.24) is 0 Å². The number of methoxy groups -OCH3 is 1. The van der Waals surface area contributed by atoms with Crippen molar-refractivity contribution in [2.45, 2.75) is 64.4 Å². The van der Waals surface area contributed by atoms with E-state index in [1.165, 1.54) is 32.1 Å². The highest BCUT2D eigenvalue weighted by Crippen LogP contribution is 2.38. The molecule has 0 saturated heterocycles. The minimum atomic E-state index is -0.148. The van der Waals surface area contributed by atoms with Crippen LogP contribution in [-0.2, 0) is 0 Å². The minimum absolute atomic E-state index is 0.148. The van der Waals surface area contributed by atoms with Crippen molar-refractivity contribution in [1.29, 1.82) is 5.26 Å². The van der Waals surface area contributed by atoms with Crippen LogP contribution in [0.2, 0.25) is 0 Å². The lowest BCUT2D eigenvalue weighted by atomic mass is 9.87. The molecule has 0 amide bonds. The summed E-state index contributed by atoms with van der Waals surface area (Å²) < 4.78 is 17.7. The standard InChI is InChI=1S/C22H27NO3/c1-4-19(25-18-11-10-17(14-23)20(13-18)24-3)22-15(2)12-21(26-22)16-8-6-5-7-9-16/h10-13,16,19H,4-9H2,1-3H3. The van der Waals surface area contributed by atoms with Crippen LogP contribution in [0.5, 0.6) is 11.5 Å². The number of nitrogens with zero attached hydrogens (tertiary/aromatic N) is 1. The summed E-state index contributed by atoms with van der Waals surface area (Å²) >= 11 is 0. The van der Waals surface area contributed by atoms with Crippen LogP contribution >= 0.6 is 0 Å². The monoisotopic (exact) mass is 353 g/mol. The molecule has 1 aromatic carbocycles. The third kappa shape index (κ3) is 3.88. The van der Waals surface area contributed by atoms with Crippen LogP contribution in [0.1, 0.15) is 80.1 Å². The fourth-order valence-electron chi connectivity index (χ4n) is 3.75. The van der Waals surface area contributed by atoms with Gasteiger partial charge >= 0.3 is 0 Å². The van der Waals surface area contributed by atoms with Gasteiger partial charge in [0.25, 0.3) is 0 Å². The topological polar surface area (TPSA) is 55.4 Å². The highest BCUT2D eigenvalue weighted by Gasteiger charge is 2.24. The molecule has 1 aromatic heterocycles. The third-order valence-corrected chi connectivity index (χ3v) is 5.22. The number of aryl methyl sites for hydroxylation is 1. The summed E-state index contributed by atoms with van der Waals surface area (Å²) in [6, 6.07) is 9.61. The first kappa shape index (κ1) is 18.4. The predicted octanol–water partition coefficient (Wildman–Crippen LogP) is 6.05. The Labute approximate surface area is 155 Å². The summed E-state index contributed by atoms with van der Waals surface area (Å²) in [5.74, 6) is 3.78. The molecule has 1 unspecified atom stereocenters. The summed E-state index contributed by atoms with van der Waals surface area (Å²) in [5, 5.41) is 9.12. The third-order valence-electron chi connectivity index (χ3n) is 5.22. The molecule has 0 radical (unpaired) electrons. The molecule has 1 saturated carbocycles. The van der Waals surface area contributed by atoms with E-state index in [2.05, 4.69) is 26.0 Å². The van der Waals surface area contributed by atoms with Crippen LogP contribution in [0.25, 0.3) is 0 Å². The summed E-state index contributed by atoms with van der Waals surface area (Å²) in [6.45, 7) is 4.18. The largest absolute Gasteiger partial charge is 0.495 e. The lowest BCUT2D eigenvalue weighted by Gasteiger charge is -2.20. The molecule has 3 rings (SSSR count). The maximum Gasteiger partial charge on any atom is 0.156 e. The average molecular weight is 353 g/mol. The number of ether oxygens (including phenoxy) is 2. The molecule has 1 aliphatic rings. The van der Waals surface area contributed by atoms with Gasteiger partial charge in [-0.2, -0.15) is 5.26 Å². The molecule has 4 nitrogen and oxygen atoms in total. The number of nitriles is 1. The normalized spacial score (nSPS) is 16.1. The van der Waals surface area contributed by atoms with Gasteiger partial charge in [0.2, 0.25) is 0 Å². The van der Waals surface area contributed by atoms with E-state index < -0.39 is 0 Å². The summed E-state index contributed by atoms with van der Waals surface area (Å²) in [5.41, 5.74) is 1.65.